The molecule has 6 nitrogen and oxygen atoms in total. The predicted octanol–water partition coefficient (Wildman–Crippen LogP) is 9.02. The molecule has 0 saturated carbocycles. The number of alkyl halides is 1. The Bertz CT molecular complexity index is 1160. The third-order valence-corrected chi connectivity index (χ3v) is 7.51. The maximum Gasteiger partial charge on any atom is 0.267 e. The number of hydrogen-bond donors (Lipinski definition) is 1. The van der Waals surface area contributed by atoms with Crippen LogP contribution in [0.1, 0.15) is 139 Å². The number of tetrazole rings is 1. The number of nitrogens with one attached hydrogen (secondary N) is 1. The molecular weight excluding hydrogens is 501 g/mol. The van der Waals surface area contributed by atoms with Crippen LogP contribution in [0, 0.1) is 0 Å². The second kappa shape index (κ2) is 16.2. The third kappa shape index (κ3) is 8.97. The smallest absolute Gasteiger partial charge is 0.267 e. The molecule has 1 aromatic heterocycles. The highest BCUT2D eigenvalue weighted by Gasteiger charge is 2.27. The second-order valence-electron chi connectivity index (χ2n) is 11.5. The van der Waals surface area contributed by atoms with Crippen LogP contribution in [-0.2, 0) is 11.2 Å². The van der Waals surface area contributed by atoms with Crippen LogP contribution >= 0.6 is 0 Å². The first-order valence-electron chi connectivity index (χ1n) is 15.3. The van der Waals surface area contributed by atoms with Crippen LogP contribution < -0.4 is 5.32 Å². The molecule has 0 saturated heterocycles. The number of aromatic nitrogens is 4. The Balaban J connectivity index is 1.59. The Morgan fingerprint density at radius 1 is 0.825 bits per heavy atom. The van der Waals surface area contributed by atoms with Gasteiger partial charge in [-0.25, -0.2) is 4.39 Å². The number of unbranched alkanes of at least 4 members (excludes halogenated alkanes) is 9. The number of nitrogens with zero attached hydrogens (tertiary/aromatic N) is 4. The minimum absolute atomic E-state index is 0.179. The first kappa shape index (κ1) is 31.4. The van der Waals surface area contributed by atoms with E-state index in [-0.39, 0.29) is 17.7 Å². The van der Waals surface area contributed by atoms with Gasteiger partial charge in [0.05, 0.1) is 5.69 Å². The number of carbonyl (C=O) groups is 1. The fourth-order valence-corrected chi connectivity index (χ4v) is 5.15. The van der Waals surface area contributed by atoms with E-state index in [1.165, 1.54) is 62.6 Å². The number of carbonyl (C=O) groups excluding carboxylic acids is 1. The lowest BCUT2D eigenvalue weighted by atomic mass is 9.92. The molecule has 2 aromatic carbocycles. The number of halogens is 1. The van der Waals surface area contributed by atoms with Crippen molar-refractivity contribution < 1.29 is 9.18 Å². The Kier molecular flexibility index (Phi) is 12.8. The Morgan fingerprint density at radius 3 is 2.00 bits per heavy atom. The molecule has 0 aliphatic rings. The summed E-state index contributed by atoms with van der Waals surface area (Å²) in [5.41, 5.74) is 4.50. The van der Waals surface area contributed by atoms with Crippen molar-refractivity contribution in [2.75, 3.05) is 5.32 Å². The quantitative estimate of drug-likeness (QED) is 0.171. The maximum absolute atomic E-state index is 15.4. The van der Waals surface area contributed by atoms with E-state index in [4.69, 9.17) is 0 Å². The van der Waals surface area contributed by atoms with Gasteiger partial charge in [-0.05, 0) is 52.6 Å². The average Bonchev–Trinajstić information content (AvgIpc) is 3.44. The zero-order chi connectivity index (χ0) is 28.9. The number of aryl methyl sites for hydroxylation is 1. The van der Waals surface area contributed by atoms with E-state index in [1.54, 1.807) is 0 Å². The van der Waals surface area contributed by atoms with Crippen LogP contribution in [0.3, 0.4) is 0 Å². The standard InChI is InChI=1S/C33H48FN5O/c1-6-7-8-9-10-11-12-13-14-15-19-26-20-16-17-23-29(26)39-37-32(36-38-39)30(34)33(40)35-31-27(24(2)3)21-18-22-28(31)25(4)5/h16-18,20-25,30H,6-15,19H2,1-5H3,(H,35,40). The molecule has 1 atom stereocenters. The minimum Gasteiger partial charge on any atom is -0.323 e. The van der Waals surface area contributed by atoms with E-state index < -0.39 is 12.1 Å². The van der Waals surface area contributed by atoms with Gasteiger partial charge < -0.3 is 5.32 Å². The highest BCUT2D eigenvalue weighted by molar-refractivity contribution is 5.95. The average molecular weight is 550 g/mol. The van der Waals surface area contributed by atoms with Crippen molar-refractivity contribution in [3.8, 4) is 5.69 Å². The summed E-state index contributed by atoms with van der Waals surface area (Å²) in [6.07, 6.45) is 11.7. The van der Waals surface area contributed by atoms with E-state index in [2.05, 4.69) is 61.4 Å². The van der Waals surface area contributed by atoms with Crippen molar-refractivity contribution in [3.63, 3.8) is 0 Å². The van der Waals surface area contributed by atoms with E-state index in [9.17, 15) is 4.79 Å². The van der Waals surface area contributed by atoms with Gasteiger partial charge in [-0.1, -0.05) is 129 Å². The topological polar surface area (TPSA) is 72.7 Å². The number of para-hydroxylation sites is 2. The van der Waals surface area contributed by atoms with Gasteiger partial charge in [0, 0.05) is 5.69 Å². The highest BCUT2D eigenvalue weighted by atomic mass is 19.1. The second-order valence-corrected chi connectivity index (χ2v) is 11.5. The number of amides is 1. The van der Waals surface area contributed by atoms with Crippen molar-refractivity contribution in [2.45, 2.75) is 123 Å². The number of anilines is 1. The van der Waals surface area contributed by atoms with Gasteiger partial charge in [-0.3, -0.25) is 4.79 Å². The van der Waals surface area contributed by atoms with E-state index in [1.807, 2.05) is 36.4 Å². The molecule has 1 heterocycles. The van der Waals surface area contributed by atoms with Crippen LogP contribution in [0.5, 0.6) is 0 Å². The number of hydrogen-bond acceptors (Lipinski definition) is 4. The molecule has 0 aliphatic heterocycles. The lowest BCUT2D eigenvalue weighted by Crippen LogP contribution is -2.21. The van der Waals surface area contributed by atoms with Crippen LogP contribution in [0.2, 0.25) is 0 Å². The summed E-state index contributed by atoms with van der Waals surface area (Å²) in [5, 5.41) is 15.1. The van der Waals surface area contributed by atoms with Gasteiger partial charge in [0.25, 0.3) is 5.91 Å². The van der Waals surface area contributed by atoms with E-state index in [0.29, 0.717) is 5.69 Å². The monoisotopic (exact) mass is 549 g/mol. The molecule has 0 aliphatic carbocycles. The first-order valence-corrected chi connectivity index (χ1v) is 15.3. The fraction of sp³-hybridized carbons (Fsp3) is 0.576. The highest BCUT2D eigenvalue weighted by Crippen LogP contribution is 2.33. The lowest BCUT2D eigenvalue weighted by molar-refractivity contribution is -0.121. The third-order valence-electron chi connectivity index (χ3n) is 7.51. The van der Waals surface area contributed by atoms with Gasteiger partial charge in [0.15, 0.2) is 0 Å². The summed E-state index contributed by atoms with van der Waals surface area (Å²) in [6.45, 7) is 10.5. The molecule has 7 heteroatoms. The SMILES string of the molecule is CCCCCCCCCCCCc1ccccc1-n1nnc(C(F)C(=O)Nc2c(C(C)C)cccc2C(C)C)n1. The summed E-state index contributed by atoms with van der Waals surface area (Å²) in [4.78, 5) is 14.3. The molecule has 1 N–H and O–H groups in total. The molecule has 0 radical (unpaired) electrons. The van der Waals surface area contributed by atoms with Crippen molar-refractivity contribution in [1.82, 2.24) is 20.2 Å². The van der Waals surface area contributed by atoms with Crippen LogP contribution in [0.25, 0.3) is 5.69 Å². The summed E-state index contributed by atoms with van der Waals surface area (Å²) < 4.78 is 15.4. The number of benzene rings is 2. The molecule has 218 valence electrons. The van der Waals surface area contributed by atoms with E-state index in [0.717, 1.165) is 35.2 Å². The Morgan fingerprint density at radius 2 is 1.40 bits per heavy atom. The predicted molar refractivity (Wildman–Crippen MR) is 162 cm³/mol. The normalized spacial score (nSPS) is 12.3. The zero-order valence-corrected chi connectivity index (χ0v) is 25.1. The van der Waals surface area contributed by atoms with Gasteiger partial charge in [0.2, 0.25) is 12.0 Å². The van der Waals surface area contributed by atoms with E-state index >= 15 is 4.39 Å². The molecule has 1 unspecified atom stereocenters. The zero-order valence-electron chi connectivity index (χ0n) is 25.1. The summed E-state index contributed by atoms with van der Waals surface area (Å²) in [6, 6.07) is 13.8. The summed E-state index contributed by atoms with van der Waals surface area (Å²) in [7, 11) is 0. The maximum atomic E-state index is 15.4. The molecule has 3 rings (SSSR count). The molecule has 0 spiro atoms. The molecule has 0 bridgehead atoms. The number of rotatable bonds is 17. The van der Waals surface area contributed by atoms with Gasteiger partial charge in [-0.15, -0.1) is 15.0 Å². The van der Waals surface area contributed by atoms with Crippen LogP contribution in [-0.4, -0.2) is 26.1 Å². The molecule has 0 fully saturated rings. The van der Waals surface area contributed by atoms with Crippen LogP contribution in [0.15, 0.2) is 42.5 Å². The molecular formula is C33H48FN5O. The van der Waals surface area contributed by atoms with Gasteiger partial charge in [-0.2, -0.15) is 0 Å². The Labute approximate surface area is 240 Å². The van der Waals surface area contributed by atoms with Gasteiger partial charge in [0.1, 0.15) is 0 Å². The van der Waals surface area contributed by atoms with Crippen molar-refractivity contribution in [1.29, 1.82) is 0 Å². The minimum atomic E-state index is -2.02. The lowest BCUT2D eigenvalue weighted by Gasteiger charge is -2.20. The van der Waals surface area contributed by atoms with Gasteiger partial charge >= 0.3 is 0 Å². The van der Waals surface area contributed by atoms with Crippen molar-refractivity contribution >= 4 is 11.6 Å². The van der Waals surface area contributed by atoms with Crippen molar-refractivity contribution in [2.24, 2.45) is 0 Å². The largest absolute Gasteiger partial charge is 0.323 e. The van der Waals surface area contributed by atoms with Crippen LogP contribution in [0.4, 0.5) is 10.1 Å². The first-order chi connectivity index (χ1) is 19.3. The van der Waals surface area contributed by atoms with Crippen molar-refractivity contribution in [3.05, 3.63) is 65.0 Å². The fourth-order valence-electron chi connectivity index (χ4n) is 5.15. The summed E-state index contributed by atoms with van der Waals surface area (Å²) in [5.74, 6) is -0.663. The molecule has 3 aromatic rings. The summed E-state index contributed by atoms with van der Waals surface area (Å²) >= 11 is 0. The molecule has 40 heavy (non-hydrogen) atoms. The Hall–Kier alpha value is -3.09. The molecule has 1 amide bonds.